The first-order chi connectivity index (χ1) is 12.0. The zero-order chi connectivity index (χ0) is 19.5. The van der Waals surface area contributed by atoms with Gasteiger partial charge in [0.15, 0.2) is 0 Å². The molecule has 0 bridgehead atoms. The molecule has 0 atom stereocenters. The van der Waals surface area contributed by atoms with Crippen LogP contribution in [0, 0.1) is 0 Å². The van der Waals surface area contributed by atoms with Gasteiger partial charge in [0.05, 0.1) is 17.5 Å². The van der Waals surface area contributed by atoms with Gasteiger partial charge in [0.25, 0.3) is 0 Å². The normalized spacial score (nSPS) is 11.9. The highest BCUT2D eigenvalue weighted by Crippen LogP contribution is 2.31. The van der Waals surface area contributed by atoms with E-state index in [0.717, 1.165) is 30.5 Å². The van der Waals surface area contributed by atoms with E-state index in [1.807, 2.05) is 0 Å². The van der Waals surface area contributed by atoms with Crippen LogP contribution in [0.1, 0.15) is 5.56 Å². The fourth-order valence-electron chi connectivity index (χ4n) is 2.11. The minimum Gasteiger partial charge on any atom is -0.324 e. The Morgan fingerprint density at radius 3 is 2.27 bits per heavy atom. The summed E-state index contributed by atoms with van der Waals surface area (Å²) in [5.74, 6) is -0.669. The number of halogens is 4. The lowest BCUT2D eigenvalue weighted by atomic mass is 10.2. The number of alkyl halides is 3. The van der Waals surface area contributed by atoms with Crippen LogP contribution in [0.3, 0.4) is 0 Å². The maximum absolute atomic E-state index is 12.6. The molecule has 10 heteroatoms. The SMILES string of the molecule is CS(=O)(=O)N(CC(=O)Nc1cccc(Cl)c1)c1ccc(C(F)(F)F)cc1. The standard InChI is InChI=1S/C16H14ClF3N2O3S/c1-26(24,25)22(14-7-5-11(6-8-14)16(18,19)20)10-15(23)21-13-4-2-3-12(17)9-13/h2-9H,10H2,1H3,(H,21,23). The number of hydrogen-bond donors (Lipinski definition) is 1. The number of nitrogens with one attached hydrogen (secondary N) is 1. The first-order valence-electron chi connectivity index (χ1n) is 7.17. The second-order valence-electron chi connectivity index (χ2n) is 5.37. The highest BCUT2D eigenvalue weighted by atomic mass is 35.5. The third kappa shape index (κ3) is 5.37. The first kappa shape index (κ1) is 20.1. The predicted molar refractivity (Wildman–Crippen MR) is 93.7 cm³/mol. The van der Waals surface area contributed by atoms with Gasteiger partial charge in [-0.05, 0) is 42.5 Å². The highest BCUT2D eigenvalue weighted by molar-refractivity contribution is 7.92. The number of benzene rings is 2. The summed E-state index contributed by atoms with van der Waals surface area (Å²) >= 11 is 5.80. The second kappa shape index (κ2) is 7.55. The maximum Gasteiger partial charge on any atom is 0.416 e. The number of hydrogen-bond acceptors (Lipinski definition) is 3. The minimum absolute atomic E-state index is 0.0539. The Balaban J connectivity index is 2.21. The van der Waals surface area contributed by atoms with Crippen LogP contribution in [0.2, 0.25) is 5.02 Å². The Bertz CT molecular complexity index is 900. The van der Waals surface area contributed by atoms with E-state index in [-0.39, 0.29) is 5.69 Å². The van der Waals surface area contributed by atoms with E-state index < -0.39 is 34.2 Å². The molecule has 5 nitrogen and oxygen atoms in total. The number of sulfonamides is 1. The lowest BCUT2D eigenvalue weighted by molar-refractivity contribution is -0.137. The van der Waals surface area contributed by atoms with E-state index in [0.29, 0.717) is 15.0 Å². The van der Waals surface area contributed by atoms with Gasteiger partial charge in [0.1, 0.15) is 6.54 Å². The molecular weight excluding hydrogens is 393 g/mol. The van der Waals surface area contributed by atoms with E-state index in [2.05, 4.69) is 5.32 Å². The average Bonchev–Trinajstić information content (AvgIpc) is 2.51. The smallest absolute Gasteiger partial charge is 0.324 e. The Labute approximate surface area is 153 Å². The van der Waals surface area contributed by atoms with Crippen LogP contribution >= 0.6 is 11.6 Å². The molecule has 1 amide bonds. The lowest BCUT2D eigenvalue weighted by Crippen LogP contribution is -2.37. The third-order valence-corrected chi connectivity index (χ3v) is 4.65. The number of amides is 1. The van der Waals surface area contributed by atoms with E-state index in [1.165, 1.54) is 6.07 Å². The van der Waals surface area contributed by atoms with Crippen molar-refractivity contribution in [3.8, 4) is 0 Å². The predicted octanol–water partition coefficient (Wildman–Crippen LogP) is 3.76. The fourth-order valence-corrected chi connectivity index (χ4v) is 3.16. The molecule has 0 aliphatic carbocycles. The largest absolute Gasteiger partial charge is 0.416 e. The summed E-state index contributed by atoms with van der Waals surface area (Å²) in [6, 6.07) is 9.73. The molecule has 0 unspecified atom stereocenters. The topological polar surface area (TPSA) is 66.5 Å². The Hall–Kier alpha value is -2.26. The van der Waals surface area contributed by atoms with Crippen molar-refractivity contribution in [1.29, 1.82) is 0 Å². The van der Waals surface area contributed by atoms with Gasteiger partial charge >= 0.3 is 6.18 Å². The van der Waals surface area contributed by atoms with Crippen molar-refractivity contribution in [2.75, 3.05) is 22.4 Å². The summed E-state index contributed by atoms with van der Waals surface area (Å²) < 4.78 is 62.5. The second-order valence-corrected chi connectivity index (χ2v) is 7.72. The fraction of sp³-hybridized carbons (Fsp3) is 0.188. The summed E-state index contributed by atoms with van der Waals surface area (Å²) in [6.45, 7) is -0.600. The first-order valence-corrected chi connectivity index (χ1v) is 9.40. The molecule has 0 spiro atoms. The van der Waals surface area contributed by atoms with Gasteiger partial charge in [0.2, 0.25) is 15.9 Å². The van der Waals surface area contributed by atoms with Crippen molar-refractivity contribution >= 4 is 38.9 Å². The van der Waals surface area contributed by atoms with Gasteiger partial charge in [0, 0.05) is 10.7 Å². The zero-order valence-electron chi connectivity index (χ0n) is 13.4. The van der Waals surface area contributed by atoms with Crippen LogP contribution in [0.4, 0.5) is 24.5 Å². The van der Waals surface area contributed by atoms with E-state index in [4.69, 9.17) is 11.6 Å². The number of nitrogens with zero attached hydrogens (tertiary/aromatic N) is 1. The molecule has 2 rings (SSSR count). The highest BCUT2D eigenvalue weighted by Gasteiger charge is 2.30. The molecule has 0 aromatic heterocycles. The molecule has 140 valence electrons. The molecule has 0 radical (unpaired) electrons. The lowest BCUT2D eigenvalue weighted by Gasteiger charge is -2.22. The molecular formula is C16H14ClF3N2O3S. The number of rotatable bonds is 5. The molecule has 1 N–H and O–H groups in total. The van der Waals surface area contributed by atoms with Gasteiger partial charge in [-0.15, -0.1) is 0 Å². The Kier molecular flexibility index (Phi) is 5.82. The number of carbonyl (C=O) groups is 1. The summed E-state index contributed by atoms with van der Waals surface area (Å²) in [7, 11) is -3.90. The molecule has 2 aromatic carbocycles. The summed E-state index contributed by atoms with van der Waals surface area (Å²) in [6.07, 6.45) is -3.68. The van der Waals surface area contributed by atoms with Crippen molar-refractivity contribution in [3.63, 3.8) is 0 Å². The van der Waals surface area contributed by atoms with Crippen LogP contribution in [0.25, 0.3) is 0 Å². The average molecular weight is 407 g/mol. The van der Waals surface area contributed by atoms with Crippen LogP contribution < -0.4 is 9.62 Å². The molecule has 0 saturated carbocycles. The van der Waals surface area contributed by atoms with Crippen LogP contribution in [0.15, 0.2) is 48.5 Å². The van der Waals surface area contributed by atoms with Gasteiger partial charge in [-0.1, -0.05) is 17.7 Å². The Morgan fingerprint density at radius 2 is 1.77 bits per heavy atom. The minimum atomic E-state index is -4.54. The molecule has 0 aliphatic rings. The molecule has 26 heavy (non-hydrogen) atoms. The molecule has 0 fully saturated rings. The van der Waals surface area contributed by atoms with E-state index in [9.17, 15) is 26.4 Å². The van der Waals surface area contributed by atoms with Crippen molar-refractivity contribution in [3.05, 3.63) is 59.1 Å². The van der Waals surface area contributed by atoms with Crippen LogP contribution in [-0.2, 0) is 21.0 Å². The van der Waals surface area contributed by atoms with Crippen molar-refractivity contribution < 1.29 is 26.4 Å². The monoisotopic (exact) mass is 406 g/mol. The molecule has 0 heterocycles. The summed E-state index contributed by atoms with van der Waals surface area (Å²) in [5, 5.41) is 2.86. The van der Waals surface area contributed by atoms with Crippen molar-refractivity contribution in [1.82, 2.24) is 0 Å². The van der Waals surface area contributed by atoms with E-state index >= 15 is 0 Å². The maximum atomic E-state index is 12.6. The molecule has 0 aliphatic heterocycles. The summed E-state index contributed by atoms with van der Waals surface area (Å²) in [4.78, 5) is 12.1. The van der Waals surface area contributed by atoms with Crippen LogP contribution in [0.5, 0.6) is 0 Å². The molecule has 0 saturated heterocycles. The summed E-state index contributed by atoms with van der Waals surface area (Å²) in [5.41, 5.74) is -0.608. The van der Waals surface area contributed by atoms with Crippen LogP contribution in [-0.4, -0.2) is 27.1 Å². The van der Waals surface area contributed by atoms with Gasteiger partial charge in [-0.3, -0.25) is 9.10 Å². The quantitative estimate of drug-likeness (QED) is 0.822. The van der Waals surface area contributed by atoms with Crippen molar-refractivity contribution in [2.24, 2.45) is 0 Å². The number of carbonyl (C=O) groups excluding carboxylic acids is 1. The zero-order valence-corrected chi connectivity index (χ0v) is 15.0. The number of anilines is 2. The van der Waals surface area contributed by atoms with Gasteiger partial charge in [-0.2, -0.15) is 13.2 Å². The van der Waals surface area contributed by atoms with E-state index in [1.54, 1.807) is 18.2 Å². The van der Waals surface area contributed by atoms with Gasteiger partial charge < -0.3 is 5.32 Å². The van der Waals surface area contributed by atoms with Crippen molar-refractivity contribution in [2.45, 2.75) is 6.18 Å². The Morgan fingerprint density at radius 1 is 1.15 bits per heavy atom. The van der Waals surface area contributed by atoms with Gasteiger partial charge in [-0.25, -0.2) is 8.42 Å². The third-order valence-electron chi connectivity index (χ3n) is 3.28. The molecule has 2 aromatic rings.